The summed E-state index contributed by atoms with van der Waals surface area (Å²) in [6.45, 7) is 5.10. The Kier molecular flexibility index (Phi) is 4.60. The van der Waals surface area contributed by atoms with Crippen LogP contribution in [-0.2, 0) is 4.79 Å². The summed E-state index contributed by atoms with van der Waals surface area (Å²) in [5.74, 6) is -0.175. The summed E-state index contributed by atoms with van der Waals surface area (Å²) in [5, 5.41) is 0. The van der Waals surface area contributed by atoms with Gasteiger partial charge in [-0.3, -0.25) is 14.5 Å². The van der Waals surface area contributed by atoms with Crippen molar-refractivity contribution >= 4 is 11.7 Å². The van der Waals surface area contributed by atoms with Crippen LogP contribution in [0.5, 0.6) is 0 Å². The third kappa shape index (κ3) is 3.48. The minimum absolute atomic E-state index is 0.114. The van der Waals surface area contributed by atoms with Crippen molar-refractivity contribution in [3.8, 4) is 0 Å². The number of Topliss-reactive ketones (excluding diaryl/α,β-unsaturated/α-hetero) is 1. The molecule has 5 heteroatoms. The highest BCUT2D eigenvalue weighted by Gasteiger charge is 2.26. The van der Waals surface area contributed by atoms with Crippen molar-refractivity contribution < 1.29 is 9.59 Å². The molecule has 1 atom stereocenters. The molecule has 0 unspecified atom stereocenters. The van der Waals surface area contributed by atoms with Crippen LogP contribution in [0.25, 0.3) is 0 Å². The molecule has 0 radical (unpaired) electrons. The number of hydrogen-bond acceptors (Lipinski definition) is 3. The number of nitrogens with zero attached hydrogens (tertiary/aromatic N) is 1. The van der Waals surface area contributed by atoms with Gasteiger partial charge in [-0.1, -0.05) is 6.42 Å². The summed E-state index contributed by atoms with van der Waals surface area (Å²) >= 11 is 0. The van der Waals surface area contributed by atoms with Gasteiger partial charge in [0.25, 0.3) is 0 Å². The van der Waals surface area contributed by atoms with Gasteiger partial charge in [-0.05, 0) is 39.3 Å². The number of carbonyl (C=O) groups excluding carboxylic acids is 2. The fourth-order valence-electron chi connectivity index (χ4n) is 3.01. The molecule has 1 aliphatic heterocycles. The van der Waals surface area contributed by atoms with Crippen LogP contribution in [0, 0.1) is 13.8 Å². The number of nitrogens with one attached hydrogen (secondary N) is 1. The zero-order valence-corrected chi connectivity index (χ0v) is 12.2. The maximum absolute atomic E-state index is 12.4. The van der Waals surface area contributed by atoms with E-state index in [2.05, 4.69) is 9.88 Å². The maximum atomic E-state index is 12.4. The molecule has 1 fully saturated rings. The second-order valence-corrected chi connectivity index (χ2v) is 5.70. The first-order valence-corrected chi connectivity index (χ1v) is 7.19. The molecule has 2 rings (SSSR count). The van der Waals surface area contributed by atoms with Gasteiger partial charge in [-0.25, -0.2) is 0 Å². The summed E-state index contributed by atoms with van der Waals surface area (Å²) < 4.78 is 0. The lowest BCUT2D eigenvalue weighted by atomic mass is 9.98. The Labute approximate surface area is 119 Å². The molecular formula is C15H23N3O2. The van der Waals surface area contributed by atoms with E-state index in [0.717, 1.165) is 42.8 Å². The molecule has 3 N–H and O–H groups in total. The lowest BCUT2D eigenvalue weighted by Gasteiger charge is -2.34. The second-order valence-electron chi connectivity index (χ2n) is 5.70. The smallest absolute Gasteiger partial charge is 0.218 e. The molecule has 0 bridgehead atoms. The van der Waals surface area contributed by atoms with E-state index < -0.39 is 0 Å². The molecule has 5 nitrogen and oxygen atoms in total. The van der Waals surface area contributed by atoms with Gasteiger partial charge < -0.3 is 10.7 Å². The van der Waals surface area contributed by atoms with Crippen LogP contribution in [0.1, 0.15) is 47.4 Å². The van der Waals surface area contributed by atoms with Crippen molar-refractivity contribution in [2.24, 2.45) is 5.73 Å². The number of aromatic nitrogens is 1. The first-order chi connectivity index (χ1) is 9.47. The number of ketones is 1. The molecule has 0 saturated carbocycles. The summed E-state index contributed by atoms with van der Waals surface area (Å²) in [7, 11) is 0. The number of nitrogens with two attached hydrogens (primary N) is 1. The lowest BCUT2D eigenvalue weighted by molar-refractivity contribution is -0.119. The highest BCUT2D eigenvalue weighted by molar-refractivity contribution is 5.99. The number of amides is 1. The summed E-state index contributed by atoms with van der Waals surface area (Å²) in [5.41, 5.74) is 7.97. The van der Waals surface area contributed by atoms with Crippen molar-refractivity contribution in [1.82, 2.24) is 9.88 Å². The normalized spacial score (nSPS) is 20.0. The molecule has 1 aromatic heterocycles. The summed E-state index contributed by atoms with van der Waals surface area (Å²) in [4.78, 5) is 28.8. The van der Waals surface area contributed by atoms with Crippen LogP contribution in [0.3, 0.4) is 0 Å². The number of piperidine rings is 1. The zero-order chi connectivity index (χ0) is 14.7. The van der Waals surface area contributed by atoms with E-state index in [0.29, 0.717) is 13.0 Å². The van der Waals surface area contributed by atoms with E-state index in [4.69, 9.17) is 5.73 Å². The van der Waals surface area contributed by atoms with Crippen LogP contribution in [-0.4, -0.2) is 40.7 Å². The summed E-state index contributed by atoms with van der Waals surface area (Å²) in [6.07, 6.45) is 3.47. The monoisotopic (exact) mass is 277 g/mol. The second kappa shape index (κ2) is 6.22. The first kappa shape index (κ1) is 14.8. The van der Waals surface area contributed by atoms with Gasteiger partial charge in [0.15, 0.2) is 5.78 Å². The molecule has 0 spiro atoms. The molecule has 1 amide bonds. The van der Waals surface area contributed by atoms with Crippen LogP contribution < -0.4 is 5.73 Å². The number of aromatic amines is 1. The van der Waals surface area contributed by atoms with Gasteiger partial charge in [0.05, 0.1) is 6.54 Å². The van der Waals surface area contributed by atoms with E-state index in [-0.39, 0.29) is 17.7 Å². The third-order valence-corrected chi connectivity index (χ3v) is 3.98. The standard InChI is InChI=1S/C15H23N3O2/c1-10-7-13(11(2)17-10)14(19)9-18-6-4-3-5-12(18)8-15(16)20/h7,12,17H,3-6,8-9H2,1-2H3,(H2,16,20)/t12-/m1/s1. The third-order valence-electron chi connectivity index (χ3n) is 3.98. The van der Waals surface area contributed by atoms with Crippen LogP contribution >= 0.6 is 0 Å². The topological polar surface area (TPSA) is 79.2 Å². The number of hydrogen-bond donors (Lipinski definition) is 2. The van der Waals surface area contributed by atoms with E-state index in [1.165, 1.54) is 0 Å². The predicted octanol–water partition coefficient (Wildman–Crippen LogP) is 1.54. The van der Waals surface area contributed by atoms with Gasteiger partial charge in [0, 0.05) is 29.4 Å². The van der Waals surface area contributed by atoms with Gasteiger partial charge in [-0.2, -0.15) is 0 Å². The minimum Gasteiger partial charge on any atom is -0.370 e. The highest BCUT2D eigenvalue weighted by Crippen LogP contribution is 2.20. The highest BCUT2D eigenvalue weighted by atomic mass is 16.1. The molecule has 1 saturated heterocycles. The average molecular weight is 277 g/mol. The first-order valence-electron chi connectivity index (χ1n) is 7.19. The van der Waals surface area contributed by atoms with Crippen molar-refractivity contribution in [3.05, 3.63) is 23.0 Å². The summed E-state index contributed by atoms with van der Waals surface area (Å²) in [6, 6.07) is 2.01. The Hall–Kier alpha value is -1.62. The minimum atomic E-state index is -0.289. The van der Waals surface area contributed by atoms with Crippen LogP contribution in [0.2, 0.25) is 0 Å². The van der Waals surface area contributed by atoms with Gasteiger partial charge in [0.1, 0.15) is 0 Å². The molecule has 20 heavy (non-hydrogen) atoms. The van der Waals surface area contributed by atoms with E-state index in [1.54, 1.807) is 0 Å². The Bertz CT molecular complexity index is 507. The van der Waals surface area contributed by atoms with E-state index in [9.17, 15) is 9.59 Å². The van der Waals surface area contributed by atoms with Crippen molar-refractivity contribution in [1.29, 1.82) is 0 Å². The Morgan fingerprint density at radius 2 is 2.15 bits per heavy atom. The quantitative estimate of drug-likeness (QED) is 0.801. The number of likely N-dealkylation sites (tertiary alicyclic amines) is 1. The number of carbonyl (C=O) groups is 2. The van der Waals surface area contributed by atoms with Gasteiger partial charge in [-0.15, -0.1) is 0 Å². The van der Waals surface area contributed by atoms with Gasteiger partial charge >= 0.3 is 0 Å². The molecule has 1 aliphatic rings. The SMILES string of the molecule is Cc1cc(C(=O)CN2CCCC[C@@H]2CC(N)=O)c(C)[nH]1. The Morgan fingerprint density at radius 3 is 2.75 bits per heavy atom. The molecule has 110 valence electrons. The zero-order valence-electron chi connectivity index (χ0n) is 12.2. The predicted molar refractivity (Wildman–Crippen MR) is 77.6 cm³/mol. The lowest BCUT2D eigenvalue weighted by Crippen LogP contribution is -2.44. The molecule has 0 aromatic carbocycles. The average Bonchev–Trinajstić information content (AvgIpc) is 2.70. The molecule has 1 aromatic rings. The molecule has 0 aliphatic carbocycles. The Morgan fingerprint density at radius 1 is 1.40 bits per heavy atom. The number of rotatable bonds is 5. The molecule has 2 heterocycles. The fourth-order valence-corrected chi connectivity index (χ4v) is 3.01. The largest absolute Gasteiger partial charge is 0.370 e. The van der Waals surface area contributed by atoms with Crippen LogP contribution in [0.15, 0.2) is 6.07 Å². The van der Waals surface area contributed by atoms with Crippen molar-refractivity contribution in [3.63, 3.8) is 0 Å². The number of primary amides is 1. The Balaban J connectivity index is 2.04. The molecular weight excluding hydrogens is 254 g/mol. The van der Waals surface area contributed by atoms with Gasteiger partial charge in [0.2, 0.25) is 5.91 Å². The number of H-pyrrole nitrogens is 1. The fraction of sp³-hybridized carbons (Fsp3) is 0.600. The van der Waals surface area contributed by atoms with E-state index in [1.807, 2.05) is 19.9 Å². The van der Waals surface area contributed by atoms with Crippen molar-refractivity contribution in [2.75, 3.05) is 13.1 Å². The van der Waals surface area contributed by atoms with Crippen molar-refractivity contribution in [2.45, 2.75) is 45.6 Å². The number of aryl methyl sites for hydroxylation is 2. The van der Waals surface area contributed by atoms with Crippen LogP contribution in [0.4, 0.5) is 0 Å². The van der Waals surface area contributed by atoms with E-state index >= 15 is 0 Å². The maximum Gasteiger partial charge on any atom is 0.218 e.